The molecule has 132 valence electrons. The van der Waals surface area contributed by atoms with E-state index in [0.717, 1.165) is 45.3 Å². The van der Waals surface area contributed by atoms with Gasteiger partial charge in [-0.25, -0.2) is 4.98 Å². The topological polar surface area (TPSA) is 75.2 Å². The van der Waals surface area contributed by atoms with E-state index < -0.39 is 0 Å². The van der Waals surface area contributed by atoms with Gasteiger partial charge in [0.05, 0.1) is 41.6 Å². The Morgan fingerprint density at radius 3 is 2.65 bits per heavy atom. The molecule has 3 aromatic heterocycles. The quantitative estimate of drug-likeness (QED) is 0.641. The normalized spacial score (nSPS) is 10.4. The van der Waals surface area contributed by atoms with Gasteiger partial charge in [-0.1, -0.05) is 6.58 Å². The van der Waals surface area contributed by atoms with Crippen LogP contribution in [-0.4, -0.2) is 35.8 Å². The second-order valence-corrected chi connectivity index (χ2v) is 5.80. The van der Waals surface area contributed by atoms with Crippen LogP contribution in [0.1, 0.15) is 12.6 Å². The summed E-state index contributed by atoms with van der Waals surface area (Å²) in [6, 6.07) is 7.68. The number of nitrogens with one attached hydrogen (secondary N) is 2. The van der Waals surface area contributed by atoms with Crippen molar-refractivity contribution in [3.63, 3.8) is 0 Å². The average molecular weight is 347 g/mol. The molecule has 3 aromatic rings. The number of H-pyrrole nitrogens is 1. The van der Waals surface area contributed by atoms with E-state index in [0.29, 0.717) is 5.75 Å². The van der Waals surface area contributed by atoms with Crippen LogP contribution in [0.3, 0.4) is 0 Å². The van der Waals surface area contributed by atoms with Gasteiger partial charge < -0.3 is 15.0 Å². The minimum Gasteiger partial charge on any atom is -0.495 e. The van der Waals surface area contributed by atoms with Crippen LogP contribution in [0.15, 0.2) is 48.2 Å². The first-order valence-corrected chi connectivity index (χ1v) is 8.12. The van der Waals surface area contributed by atoms with Crippen molar-refractivity contribution in [1.29, 1.82) is 0 Å². The number of aromatic nitrogens is 3. The Kier molecular flexibility index (Phi) is 4.84. The number of hydrogen-bond donors (Lipinski definition) is 2. The van der Waals surface area contributed by atoms with Gasteiger partial charge in [0.2, 0.25) is 0 Å². The predicted molar refractivity (Wildman–Crippen MR) is 107 cm³/mol. The molecule has 0 atom stereocenters. The summed E-state index contributed by atoms with van der Waals surface area (Å²) in [5.74, 6) is 1.47. The Bertz CT molecular complexity index is 957. The molecule has 3 heterocycles. The monoisotopic (exact) mass is 347 g/mol. The maximum atomic E-state index is 5.21. The molecule has 0 saturated heterocycles. The van der Waals surface area contributed by atoms with Crippen molar-refractivity contribution >= 4 is 23.8 Å². The predicted octanol–water partition coefficient (Wildman–Crippen LogP) is 4.55. The molecule has 2 N–H and O–H groups in total. The van der Waals surface area contributed by atoms with Crippen LogP contribution >= 0.6 is 0 Å². The fourth-order valence-electron chi connectivity index (χ4n) is 2.79. The molecule has 0 spiro atoms. The molecule has 0 aliphatic heterocycles. The third kappa shape index (κ3) is 3.09. The number of hydrogen-bond acceptors (Lipinski definition) is 5. The van der Waals surface area contributed by atoms with Crippen LogP contribution in [-0.2, 0) is 0 Å². The number of aromatic amines is 1. The van der Waals surface area contributed by atoms with Crippen molar-refractivity contribution in [3.05, 3.63) is 48.9 Å². The molecule has 3 rings (SSSR count). The zero-order chi connectivity index (χ0) is 18.7. The zero-order valence-corrected chi connectivity index (χ0v) is 15.1. The lowest BCUT2D eigenvalue weighted by molar-refractivity contribution is 0.413. The van der Waals surface area contributed by atoms with Gasteiger partial charge in [0.25, 0.3) is 0 Å². The van der Waals surface area contributed by atoms with Gasteiger partial charge in [0.1, 0.15) is 11.6 Å². The lowest BCUT2D eigenvalue weighted by atomic mass is 10.0. The molecule has 0 aliphatic carbocycles. The number of nitrogens with zero attached hydrogens (tertiary/aromatic N) is 3. The van der Waals surface area contributed by atoms with Crippen molar-refractivity contribution in [3.8, 4) is 28.3 Å². The molecule has 0 saturated carbocycles. The Labute approximate surface area is 152 Å². The number of rotatable bonds is 6. The van der Waals surface area contributed by atoms with E-state index in [1.54, 1.807) is 19.5 Å². The SMILES string of the molecule is C=Nc1c(C(=C)C)[nH]c(-c2ccnc(NC)c2)c1-c1ccc(OC)cn1. The number of anilines is 1. The van der Waals surface area contributed by atoms with Crippen LogP contribution in [0.4, 0.5) is 11.5 Å². The van der Waals surface area contributed by atoms with Crippen molar-refractivity contribution in [2.24, 2.45) is 4.99 Å². The van der Waals surface area contributed by atoms with E-state index in [1.807, 2.05) is 38.2 Å². The molecule has 0 fully saturated rings. The largest absolute Gasteiger partial charge is 0.495 e. The van der Waals surface area contributed by atoms with E-state index >= 15 is 0 Å². The number of aliphatic imine (C=N–C) groups is 1. The van der Waals surface area contributed by atoms with Crippen molar-refractivity contribution in [1.82, 2.24) is 15.0 Å². The van der Waals surface area contributed by atoms with Crippen LogP contribution < -0.4 is 10.1 Å². The molecule has 26 heavy (non-hydrogen) atoms. The van der Waals surface area contributed by atoms with Crippen LogP contribution in [0.5, 0.6) is 5.75 Å². The molecule has 0 aromatic carbocycles. The summed E-state index contributed by atoms with van der Waals surface area (Å²) in [5, 5.41) is 3.06. The van der Waals surface area contributed by atoms with Gasteiger partial charge in [0.15, 0.2) is 0 Å². The molecule has 0 unspecified atom stereocenters. The minimum atomic E-state index is 0.695. The summed E-state index contributed by atoms with van der Waals surface area (Å²) < 4.78 is 5.21. The number of allylic oxidation sites excluding steroid dienone is 1. The molecular weight excluding hydrogens is 326 g/mol. The maximum absolute atomic E-state index is 5.21. The van der Waals surface area contributed by atoms with E-state index in [2.05, 4.69) is 38.6 Å². The van der Waals surface area contributed by atoms with Gasteiger partial charge in [-0.15, -0.1) is 0 Å². The smallest absolute Gasteiger partial charge is 0.137 e. The van der Waals surface area contributed by atoms with Gasteiger partial charge in [0, 0.05) is 18.8 Å². The highest BCUT2D eigenvalue weighted by atomic mass is 16.5. The third-order valence-electron chi connectivity index (χ3n) is 4.09. The third-order valence-corrected chi connectivity index (χ3v) is 4.09. The summed E-state index contributed by atoms with van der Waals surface area (Å²) in [4.78, 5) is 16.5. The summed E-state index contributed by atoms with van der Waals surface area (Å²) in [6.45, 7) is 9.73. The maximum Gasteiger partial charge on any atom is 0.137 e. The molecule has 0 radical (unpaired) electrons. The van der Waals surface area contributed by atoms with Crippen molar-refractivity contribution in [2.75, 3.05) is 19.5 Å². The van der Waals surface area contributed by atoms with Gasteiger partial charge >= 0.3 is 0 Å². The van der Waals surface area contributed by atoms with E-state index in [-0.39, 0.29) is 0 Å². The van der Waals surface area contributed by atoms with Crippen LogP contribution in [0.2, 0.25) is 0 Å². The lowest BCUT2D eigenvalue weighted by Crippen LogP contribution is -1.93. The fraction of sp³-hybridized carbons (Fsp3) is 0.150. The standard InChI is InChI=1S/C20H21N5O/c1-12(2)18-20(22-4)17(15-7-6-14(26-5)11-24-15)19(25-18)13-8-9-23-16(10-13)21-3/h6-11,25H,1,4H2,2-3,5H3,(H,21,23). The number of pyridine rings is 2. The number of ether oxygens (including phenoxy) is 1. The highest BCUT2D eigenvalue weighted by molar-refractivity contribution is 5.94. The molecule has 0 amide bonds. The van der Waals surface area contributed by atoms with Crippen LogP contribution in [0, 0.1) is 0 Å². The lowest BCUT2D eigenvalue weighted by Gasteiger charge is -2.07. The Morgan fingerprint density at radius 2 is 2.08 bits per heavy atom. The first kappa shape index (κ1) is 17.4. The second-order valence-electron chi connectivity index (χ2n) is 5.80. The summed E-state index contributed by atoms with van der Waals surface area (Å²) in [5.41, 5.74) is 5.94. The van der Waals surface area contributed by atoms with E-state index in [9.17, 15) is 0 Å². The highest BCUT2D eigenvalue weighted by Crippen LogP contribution is 2.43. The average Bonchev–Trinajstić information content (AvgIpc) is 3.08. The summed E-state index contributed by atoms with van der Waals surface area (Å²) in [7, 11) is 3.45. The summed E-state index contributed by atoms with van der Waals surface area (Å²) in [6.07, 6.45) is 3.44. The number of methoxy groups -OCH3 is 1. The van der Waals surface area contributed by atoms with Crippen LogP contribution in [0.25, 0.3) is 28.1 Å². The first-order valence-electron chi connectivity index (χ1n) is 8.12. The van der Waals surface area contributed by atoms with E-state index in [4.69, 9.17) is 4.74 Å². The molecule has 0 aliphatic rings. The molecular formula is C20H21N5O. The Hall–Kier alpha value is -3.41. The zero-order valence-electron chi connectivity index (χ0n) is 15.1. The fourth-order valence-corrected chi connectivity index (χ4v) is 2.79. The first-order chi connectivity index (χ1) is 12.6. The van der Waals surface area contributed by atoms with Gasteiger partial charge in [-0.2, -0.15) is 0 Å². The molecule has 6 nitrogen and oxygen atoms in total. The molecule has 6 heteroatoms. The minimum absolute atomic E-state index is 0.695. The molecule has 0 bridgehead atoms. The van der Waals surface area contributed by atoms with E-state index in [1.165, 1.54) is 0 Å². The summed E-state index contributed by atoms with van der Waals surface area (Å²) >= 11 is 0. The second kappa shape index (κ2) is 7.23. The highest BCUT2D eigenvalue weighted by Gasteiger charge is 2.21. The van der Waals surface area contributed by atoms with Crippen molar-refractivity contribution < 1.29 is 4.74 Å². The van der Waals surface area contributed by atoms with Crippen molar-refractivity contribution in [2.45, 2.75) is 6.92 Å². The van der Waals surface area contributed by atoms with Gasteiger partial charge in [-0.05, 0) is 43.5 Å². The Balaban J connectivity index is 2.28. The van der Waals surface area contributed by atoms with Gasteiger partial charge in [-0.3, -0.25) is 9.98 Å². The Morgan fingerprint density at radius 1 is 1.27 bits per heavy atom.